The molecule has 0 saturated carbocycles. The Kier molecular flexibility index (Phi) is 5.10. The predicted octanol–water partition coefficient (Wildman–Crippen LogP) is 1.31. The summed E-state index contributed by atoms with van der Waals surface area (Å²) in [4.78, 5) is 20.9. The summed E-state index contributed by atoms with van der Waals surface area (Å²) in [7, 11) is 0. The van der Waals surface area contributed by atoms with Gasteiger partial charge in [0.05, 0.1) is 0 Å². The van der Waals surface area contributed by atoms with E-state index in [1.807, 2.05) is 0 Å². The lowest BCUT2D eigenvalue weighted by Crippen LogP contribution is -2.46. The molecule has 0 radical (unpaired) electrons. The minimum atomic E-state index is -5.04. The van der Waals surface area contributed by atoms with Crippen LogP contribution in [0.15, 0.2) is 0 Å². The Balaban J connectivity index is 4.29. The van der Waals surface area contributed by atoms with E-state index >= 15 is 0 Å². The normalized spacial score (nSPS) is 13.3. The first-order chi connectivity index (χ1) is 6.79. The molecule has 0 spiro atoms. The second-order valence-corrected chi connectivity index (χ2v) is 3.00. The molecule has 0 aromatic heterocycles. The van der Waals surface area contributed by atoms with E-state index in [9.17, 15) is 22.8 Å². The average molecular weight is 227 g/mol. The van der Waals surface area contributed by atoms with Crippen LogP contribution in [-0.2, 0) is 9.59 Å². The van der Waals surface area contributed by atoms with Gasteiger partial charge in [-0.25, -0.2) is 4.79 Å². The number of aliphatic carboxylic acids is 1. The molecule has 88 valence electrons. The highest BCUT2D eigenvalue weighted by Gasteiger charge is 2.40. The van der Waals surface area contributed by atoms with Crippen LogP contribution < -0.4 is 5.32 Å². The average Bonchev–Trinajstić information content (AvgIpc) is 2.09. The molecular weight excluding hydrogens is 215 g/mol. The lowest BCUT2D eigenvalue weighted by molar-refractivity contribution is -0.175. The third-order valence-electron chi connectivity index (χ3n) is 1.71. The van der Waals surface area contributed by atoms with Crippen LogP contribution in [0.4, 0.5) is 13.2 Å². The van der Waals surface area contributed by atoms with Crippen LogP contribution >= 0.6 is 0 Å². The number of rotatable bonds is 5. The van der Waals surface area contributed by atoms with Gasteiger partial charge in [0.2, 0.25) is 0 Å². The third kappa shape index (κ3) is 5.24. The van der Waals surface area contributed by atoms with Crippen LogP contribution in [0.1, 0.15) is 26.2 Å². The summed E-state index contributed by atoms with van der Waals surface area (Å²) in [5.41, 5.74) is 0. The number of unbranched alkanes of at least 4 members (excludes halogenated alkanes) is 1. The Hall–Kier alpha value is -1.27. The summed E-state index contributed by atoms with van der Waals surface area (Å²) < 4.78 is 35.4. The Bertz CT molecular complexity index is 240. The van der Waals surface area contributed by atoms with E-state index in [-0.39, 0.29) is 6.42 Å². The van der Waals surface area contributed by atoms with Gasteiger partial charge in [0.1, 0.15) is 6.04 Å². The summed E-state index contributed by atoms with van der Waals surface area (Å²) in [5, 5.41) is 9.96. The first kappa shape index (κ1) is 13.7. The largest absolute Gasteiger partial charge is 0.480 e. The van der Waals surface area contributed by atoms with Crippen molar-refractivity contribution in [2.24, 2.45) is 0 Å². The Morgan fingerprint density at radius 1 is 1.40 bits per heavy atom. The zero-order chi connectivity index (χ0) is 12.1. The molecule has 4 nitrogen and oxygen atoms in total. The molecule has 0 aliphatic carbocycles. The van der Waals surface area contributed by atoms with Crippen molar-refractivity contribution in [1.82, 2.24) is 5.32 Å². The van der Waals surface area contributed by atoms with E-state index in [4.69, 9.17) is 5.11 Å². The van der Waals surface area contributed by atoms with Crippen molar-refractivity contribution < 1.29 is 27.9 Å². The third-order valence-corrected chi connectivity index (χ3v) is 1.71. The number of carboxylic acids is 1. The molecule has 1 amide bonds. The van der Waals surface area contributed by atoms with Gasteiger partial charge in [-0.3, -0.25) is 4.79 Å². The highest BCUT2D eigenvalue weighted by Crippen LogP contribution is 2.15. The van der Waals surface area contributed by atoms with Crippen LogP contribution in [0.5, 0.6) is 0 Å². The second kappa shape index (κ2) is 5.57. The van der Waals surface area contributed by atoms with Gasteiger partial charge in [0, 0.05) is 0 Å². The highest BCUT2D eigenvalue weighted by molar-refractivity contribution is 5.86. The van der Waals surface area contributed by atoms with Gasteiger partial charge in [0.25, 0.3) is 0 Å². The van der Waals surface area contributed by atoms with Crippen LogP contribution in [0.3, 0.4) is 0 Å². The fourth-order valence-electron chi connectivity index (χ4n) is 0.906. The van der Waals surface area contributed by atoms with Crippen molar-refractivity contribution in [3.63, 3.8) is 0 Å². The van der Waals surface area contributed by atoms with Gasteiger partial charge < -0.3 is 10.4 Å². The molecule has 0 unspecified atom stereocenters. The van der Waals surface area contributed by atoms with E-state index in [0.29, 0.717) is 12.8 Å². The van der Waals surface area contributed by atoms with Crippen molar-refractivity contribution in [3.8, 4) is 0 Å². The molecule has 0 bridgehead atoms. The zero-order valence-electron chi connectivity index (χ0n) is 8.10. The summed E-state index contributed by atoms with van der Waals surface area (Å²) in [6.07, 6.45) is -3.96. The Morgan fingerprint density at radius 2 is 1.93 bits per heavy atom. The quantitative estimate of drug-likeness (QED) is 0.744. The molecule has 0 fully saturated rings. The maximum absolute atomic E-state index is 11.8. The molecule has 0 rings (SSSR count). The molecule has 0 aromatic rings. The predicted molar refractivity (Wildman–Crippen MR) is 45.1 cm³/mol. The fraction of sp³-hybridized carbons (Fsp3) is 0.750. The van der Waals surface area contributed by atoms with Crippen molar-refractivity contribution in [2.75, 3.05) is 0 Å². The summed E-state index contributed by atoms with van der Waals surface area (Å²) in [5.74, 6) is -3.67. The maximum Gasteiger partial charge on any atom is 0.471 e. The van der Waals surface area contributed by atoms with Gasteiger partial charge in [-0.05, 0) is 6.42 Å². The number of hydrogen-bond donors (Lipinski definition) is 2. The van der Waals surface area contributed by atoms with Crippen LogP contribution in [0, 0.1) is 0 Å². The van der Waals surface area contributed by atoms with Crippen molar-refractivity contribution >= 4 is 11.9 Å². The first-order valence-corrected chi connectivity index (χ1v) is 4.39. The number of nitrogens with one attached hydrogen (secondary N) is 1. The molecule has 7 heteroatoms. The molecule has 0 heterocycles. The Morgan fingerprint density at radius 3 is 2.27 bits per heavy atom. The summed E-state index contributed by atoms with van der Waals surface area (Å²) in [6.45, 7) is 1.77. The van der Waals surface area contributed by atoms with Crippen LogP contribution in [0.2, 0.25) is 0 Å². The second-order valence-electron chi connectivity index (χ2n) is 3.00. The first-order valence-electron chi connectivity index (χ1n) is 4.39. The summed E-state index contributed by atoms with van der Waals surface area (Å²) >= 11 is 0. The fourth-order valence-corrected chi connectivity index (χ4v) is 0.906. The number of alkyl halides is 3. The standard InChI is InChI=1S/C8H12F3NO3/c1-2-3-4-5(6(13)14)12-7(15)8(9,10)11/h5H,2-4H2,1H3,(H,12,15)(H,13,14)/t5-/m1/s1. The van der Waals surface area contributed by atoms with Gasteiger partial charge in [0.15, 0.2) is 0 Å². The molecule has 1 atom stereocenters. The smallest absolute Gasteiger partial charge is 0.471 e. The van der Waals surface area contributed by atoms with Gasteiger partial charge in [-0.2, -0.15) is 13.2 Å². The van der Waals surface area contributed by atoms with Crippen molar-refractivity contribution in [1.29, 1.82) is 0 Å². The van der Waals surface area contributed by atoms with Crippen molar-refractivity contribution in [3.05, 3.63) is 0 Å². The number of halogens is 3. The van der Waals surface area contributed by atoms with E-state index in [0.717, 1.165) is 0 Å². The number of carbonyl (C=O) groups excluding carboxylic acids is 1. The molecular formula is C8H12F3NO3. The zero-order valence-corrected chi connectivity index (χ0v) is 8.10. The molecule has 0 aliphatic heterocycles. The maximum atomic E-state index is 11.8. The highest BCUT2D eigenvalue weighted by atomic mass is 19.4. The van der Waals surface area contributed by atoms with Gasteiger partial charge in [-0.15, -0.1) is 0 Å². The number of carboxylic acid groups (broad SMARTS) is 1. The van der Waals surface area contributed by atoms with E-state index in [2.05, 4.69) is 0 Å². The number of amides is 1. The van der Waals surface area contributed by atoms with Crippen LogP contribution in [-0.4, -0.2) is 29.2 Å². The van der Waals surface area contributed by atoms with E-state index < -0.39 is 24.1 Å². The number of hydrogen-bond acceptors (Lipinski definition) is 2. The molecule has 2 N–H and O–H groups in total. The molecule has 0 saturated heterocycles. The molecule has 0 aromatic carbocycles. The molecule has 15 heavy (non-hydrogen) atoms. The Labute approximate surface area is 84.5 Å². The topological polar surface area (TPSA) is 66.4 Å². The van der Waals surface area contributed by atoms with E-state index in [1.54, 1.807) is 6.92 Å². The van der Waals surface area contributed by atoms with Gasteiger partial charge >= 0.3 is 18.1 Å². The van der Waals surface area contributed by atoms with Crippen molar-refractivity contribution in [2.45, 2.75) is 38.4 Å². The monoisotopic (exact) mass is 227 g/mol. The SMILES string of the molecule is CCCC[C@@H](NC(=O)C(F)(F)F)C(=O)O. The number of carbonyl (C=O) groups is 2. The van der Waals surface area contributed by atoms with Gasteiger partial charge in [-0.1, -0.05) is 19.8 Å². The van der Waals surface area contributed by atoms with E-state index in [1.165, 1.54) is 5.32 Å². The lowest BCUT2D eigenvalue weighted by Gasteiger charge is -2.14. The lowest BCUT2D eigenvalue weighted by atomic mass is 10.1. The van der Waals surface area contributed by atoms with Crippen LogP contribution in [0.25, 0.3) is 0 Å². The minimum Gasteiger partial charge on any atom is -0.480 e. The summed E-state index contributed by atoms with van der Waals surface area (Å²) in [6, 6.07) is -1.47. The molecule has 0 aliphatic rings. The minimum absolute atomic E-state index is 0.00630.